The Labute approximate surface area is 131 Å². The Bertz CT molecular complexity index is 571. The third kappa shape index (κ3) is 4.30. The van der Waals surface area contributed by atoms with Crippen LogP contribution in [0.5, 0.6) is 0 Å². The fraction of sp³-hybridized carbons (Fsp3) is 0.250. The van der Waals surface area contributed by atoms with Gasteiger partial charge in [0.05, 0.1) is 0 Å². The van der Waals surface area contributed by atoms with Gasteiger partial charge in [0.1, 0.15) is 5.82 Å². The number of hydrogen-bond donors (Lipinski definition) is 1. The van der Waals surface area contributed by atoms with E-state index in [-0.39, 0.29) is 18.3 Å². The average Bonchev–Trinajstić information content (AvgIpc) is 2.44. The van der Waals surface area contributed by atoms with Crippen molar-refractivity contribution < 1.29 is 9.50 Å². The highest BCUT2D eigenvalue weighted by molar-refractivity contribution is 9.10. The van der Waals surface area contributed by atoms with Crippen molar-refractivity contribution in [2.24, 2.45) is 5.92 Å². The molecule has 0 aliphatic carbocycles. The van der Waals surface area contributed by atoms with Gasteiger partial charge in [-0.3, -0.25) is 0 Å². The first-order valence-corrected chi connectivity index (χ1v) is 7.55. The second-order valence-corrected chi connectivity index (χ2v) is 6.17. The molecule has 0 amide bonds. The standard InChI is InChI=1S/C16H15BrClFO/c17-14-3-6-16(19)13(9-14)8-12(10-20)7-11-1-4-15(18)5-2-11/h1-6,9,12,20H,7-8,10H2. The predicted molar refractivity (Wildman–Crippen MR) is 83.5 cm³/mol. The van der Waals surface area contributed by atoms with Gasteiger partial charge in [0.15, 0.2) is 0 Å². The summed E-state index contributed by atoms with van der Waals surface area (Å²) >= 11 is 9.18. The van der Waals surface area contributed by atoms with Gasteiger partial charge in [0.2, 0.25) is 0 Å². The van der Waals surface area contributed by atoms with Crippen LogP contribution in [0.3, 0.4) is 0 Å². The van der Waals surface area contributed by atoms with Gasteiger partial charge in [-0.1, -0.05) is 39.7 Å². The molecule has 0 fully saturated rings. The minimum atomic E-state index is -0.234. The molecule has 106 valence electrons. The molecule has 0 aliphatic rings. The Hall–Kier alpha value is -0.900. The first-order valence-electron chi connectivity index (χ1n) is 6.37. The van der Waals surface area contributed by atoms with E-state index >= 15 is 0 Å². The van der Waals surface area contributed by atoms with Crippen LogP contribution in [0.25, 0.3) is 0 Å². The summed E-state index contributed by atoms with van der Waals surface area (Å²) in [6, 6.07) is 12.4. The zero-order valence-electron chi connectivity index (χ0n) is 10.8. The molecule has 1 atom stereocenters. The van der Waals surface area contributed by atoms with Crippen molar-refractivity contribution in [2.45, 2.75) is 12.8 Å². The molecule has 0 saturated carbocycles. The zero-order chi connectivity index (χ0) is 14.5. The zero-order valence-corrected chi connectivity index (χ0v) is 13.2. The summed E-state index contributed by atoms with van der Waals surface area (Å²) in [5.74, 6) is -0.247. The molecule has 0 radical (unpaired) electrons. The summed E-state index contributed by atoms with van der Waals surface area (Å²) in [5, 5.41) is 10.2. The maximum Gasteiger partial charge on any atom is 0.126 e. The van der Waals surface area contributed by atoms with Gasteiger partial charge in [-0.15, -0.1) is 0 Å². The van der Waals surface area contributed by atoms with E-state index in [9.17, 15) is 9.50 Å². The molecule has 0 aliphatic heterocycles. The van der Waals surface area contributed by atoms with Crippen LogP contribution in [-0.4, -0.2) is 11.7 Å². The van der Waals surface area contributed by atoms with Gasteiger partial charge in [-0.2, -0.15) is 0 Å². The molecule has 2 aromatic carbocycles. The number of hydrogen-bond acceptors (Lipinski definition) is 1. The van der Waals surface area contributed by atoms with E-state index < -0.39 is 0 Å². The Kier molecular flexibility index (Phi) is 5.58. The largest absolute Gasteiger partial charge is 0.396 e. The van der Waals surface area contributed by atoms with E-state index in [1.54, 1.807) is 12.1 Å². The highest BCUT2D eigenvalue weighted by Gasteiger charge is 2.13. The van der Waals surface area contributed by atoms with Crippen LogP contribution in [0, 0.1) is 11.7 Å². The van der Waals surface area contributed by atoms with Crippen molar-refractivity contribution in [3.8, 4) is 0 Å². The fourth-order valence-electron chi connectivity index (χ4n) is 2.17. The van der Waals surface area contributed by atoms with Gasteiger partial charge < -0.3 is 5.11 Å². The first kappa shape index (κ1) is 15.5. The molecule has 1 unspecified atom stereocenters. The highest BCUT2D eigenvalue weighted by Crippen LogP contribution is 2.21. The van der Waals surface area contributed by atoms with Crippen molar-refractivity contribution in [2.75, 3.05) is 6.61 Å². The van der Waals surface area contributed by atoms with Gasteiger partial charge in [0, 0.05) is 16.1 Å². The molecule has 0 aromatic heterocycles. The Morgan fingerprint density at radius 1 is 1.10 bits per heavy atom. The Balaban J connectivity index is 2.08. The molecule has 0 spiro atoms. The lowest BCUT2D eigenvalue weighted by atomic mass is 9.93. The number of benzene rings is 2. The summed E-state index contributed by atoms with van der Waals surface area (Å²) in [4.78, 5) is 0. The summed E-state index contributed by atoms with van der Waals surface area (Å²) in [6.07, 6.45) is 1.20. The molecule has 0 bridgehead atoms. The van der Waals surface area contributed by atoms with E-state index in [0.717, 1.165) is 10.0 Å². The molecule has 0 heterocycles. The summed E-state index contributed by atoms with van der Waals surface area (Å²) in [5.41, 5.74) is 1.70. The minimum absolute atomic E-state index is 0.0139. The molecule has 2 rings (SSSR count). The summed E-state index contributed by atoms with van der Waals surface area (Å²) < 4.78 is 14.6. The second-order valence-electron chi connectivity index (χ2n) is 4.82. The van der Waals surface area contributed by atoms with Crippen molar-refractivity contribution in [1.29, 1.82) is 0 Å². The number of aliphatic hydroxyl groups is 1. The topological polar surface area (TPSA) is 20.2 Å². The highest BCUT2D eigenvalue weighted by atomic mass is 79.9. The van der Waals surface area contributed by atoms with Crippen LogP contribution in [0.4, 0.5) is 4.39 Å². The normalized spacial score (nSPS) is 12.4. The van der Waals surface area contributed by atoms with Crippen LogP contribution in [-0.2, 0) is 12.8 Å². The van der Waals surface area contributed by atoms with Crippen molar-refractivity contribution in [3.63, 3.8) is 0 Å². The molecule has 2 aromatic rings. The maximum atomic E-state index is 13.7. The molecule has 1 N–H and O–H groups in total. The number of rotatable bonds is 5. The Morgan fingerprint density at radius 2 is 1.80 bits per heavy atom. The molecular weight excluding hydrogens is 343 g/mol. The average molecular weight is 358 g/mol. The van der Waals surface area contributed by atoms with Crippen LogP contribution in [0.2, 0.25) is 5.02 Å². The van der Waals surface area contributed by atoms with Crippen molar-refractivity contribution in [1.82, 2.24) is 0 Å². The van der Waals surface area contributed by atoms with Crippen LogP contribution in [0.15, 0.2) is 46.9 Å². The summed E-state index contributed by atoms with van der Waals surface area (Å²) in [7, 11) is 0. The van der Waals surface area contributed by atoms with Gasteiger partial charge >= 0.3 is 0 Å². The SMILES string of the molecule is OCC(Cc1ccc(Cl)cc1)Cc1cc(Br)ccc1F. The number of halogens is 3. The lowest BCUT2D eigenvalue weighted by Gasteiger charge is -2.15. The molecule has 4 heteroatoms. The van der Waals surface area contributed by atoms with E-state index in [0.29, 0.717) is 23.4 Å². The summed E-state index contributed by atoms with van der Waals surface area (Å²) in [6.45, 7) is 0.0224. The van der Waals surface area contributed by atoms with Crippen LogP contribution < -0.4 is 0 Å². The Morgan fingerprint density at radius 3 is 2.45 bits per heavy atom. The lowest BCUT2D eigenvalue weighted by molar-refractivity contribution is 0.224. The monoisotopic (exact) mass is 356 g/mol. The third-order valence-electron chi connectivity index (χ3n) is 3.21. The quantitative estimate of drug-likeness (QED) is 0.827. The lowest BCUT2D eigenvalue weighted by Crippen LogP contribution is -2.13. The van der Waals surface area contributed by atoms with E-state index in [2.05, 4.69) is 15.9 Å². The van der Waals surface area contributed by atoms with Crippen molar-refractivity contribution >= 4 is 27.5 Å². The van der Waals surface area contributed by atoms with Crippen molar-refractivity contribution in [3.05, 3.63) is 68.9 Å². The maximum absolute atomic E-state index is 13.7. The number of aliphatic hydroxyl groups excluding tert-OH is 1. The van der Waals surface area contributed by atoms with Gasteiger partial charge in [0.25, 0.3) is 0 Å². The molecular formula is C16H15BrClFO. The predicted octanol–water partition coefficient (Wildman–Crippen LogP) is 4.64. The van der Waals surface area contributed by atoms with E-state index in [1.165, 1.54) is 6.07 Å². The van der Waals surface area contributed by atoms with E-state index in [4.69, 9.17) is 11.6 Å². The van der Waals surface area contributed by atoms with Crippen LogP contribution >= 0.6 is 27.5 Å². The molecule has 0 saturated heterocycles. The molecule has 1 nitrogen and oxygen atoms in total. The van der Waals surface area contributed by atoms with Crippen LogP contribution in [0.1, 0.15) is 11.1 Å². The van der Waals surface area contributed by atoms with Gasteiger partial charge in [-0.25, -0.2) is 4.39 Å². The van der Waals surface area contributed by atoms with E-state index in [1.807, 2.05) is 24.3 Å². The molecule has 20 heavy (non-hydrogen) atoms. The van der Waals surface area contributed by atoms with Gasteiger partial charge in [-0.05, 0) is 60.2 Å². The smallest absolute Gasteiger partial charge is 0.126 e. The second kappa shape index (κ2) is 7.21. The third-order valence-corrected chi connectivity index (χ3v) is 3.96. The minimum Gasteiger partial charge on any atom is -0.396 e. The fourth-order valence-corrected chi connectivity index (χ4v) is 2.70. The first-order chi connectivity index (χ1) is 9.58.